The van der Waals surface area contributed by atoms with Crippen molar-refractivity contribution in [3.63, 3.8) is 0 Å². The molecule has 0 saturated heterocycles. The molecular formula is C17H30O6. The van der Waals surface area contributed by atoms with Crippen LogP contribution in [0, 0.1) is 5.92 Å². The predicted octanol–water partition coefficient (Wildman–Crippen LogP) is 3.95. The summed E-state index contributed by atoms with van der Waals surface area (Å²) in [6.45, 7) is 1.96. The predicted molar refractivity (Wildman–Crippen MR) is 88.4 cm³/mol. The Hall–Kier alpha value is -1.85. The van der Waals surface area contributed by atoms with Crippen molar-refractivity contribution < 1.29 is 29.7 Å². The topological polar surface area (TPSA) is 112 Å². The van der Waals surface area contributed by atoms with Crippen molar-refractivity contribution in [2.45, 2.75) is 71.1 Å². The zero-order valence-electron chi connectivity index (χ0n) is 13.9. The quantitative estimate of drug-likeness (QED) is 0.268. The highest BCUT2D eigenvalue weighted by Crippen LogP contribution is 2.11. The van der Waals surface area contributed by atoms with Gasteiger partial charge in [-0.3, -0.25) is 14.4 Å². The smallest absolute Gasteiger partial charge is 0.310 e. The Labute approximate surface area is 138 Å². The average molecular weight is 330 g/mol. The summed E-state index contributed by atoms with van der Waals surface area (Å²) in [4.78, 5) is 29.7. The second-order valence-corrected chi connectivity index (χ2v) is 5.34. The van der Waals surface area contributed by atoms with Crippen molar-refractivity contribution in [1.29, 1.82) is 0 Å². The molecule has 0 aromatic heterocycles. The van der Waals surface area contributed by atoms with Crippen molar-refractivity contribution >= 4 is 18.4 Å². The summed E-state index contributed by atoms with van der Waals surface area (Å²) in [5, 5.41) is 24.3. The molecule has 6 heteroatoms. The van der Waals surface area contributed by atoms with E-state index in [1.165, 1.54) is 44.6 Å². The number of unbranched alkanes of at least 4 members (excludes halogenated alkanes) is 8. The second kappa shape index (κ2) is 18.2. The van der Waals surface area contributed by atoms with Gasteiger partial charge in [-0.25, -0.2) is 0 Å². The van der Waals surface area contributed by atoms with Gasteiger partial charge in [0.2, 0.25) is 0 Å². The molecule has 0 aliphatic rings. The van der Waals surface area contributed by atoms with Gasteiger partial charge in [0.25, 0.3) is 6.47 Å². The standard InChI is InChI=1S/C16H28O4.CH2O2/c1-2-3-4-5-6-7-8-9-10-11-12-14(16(19)20)13-15(17)18;2-1-3/h11-12,14H,2-10,13H2,1H3,(H,17,18)(H,19,20);1H,(H,2,3). The van der Waals surface area contributed by atoms with Gasteiger partial charge in [0, 0.05) is 0 Å². The molecule has 0 aromatic rings. The molecule has 0 aromatic carbocycles. The summed E-state index contributed by atoms with van der Waals surface area (Å²) < 4.78 is 0. The fourth-order valence-electron chi connectivity index (χ4n) is 2.08. The van der Waals surface area contributed by atoms with Gasteiger partial charge < -0.3 is 15.3 Å². The molecule has 1 unspecified atom stereocenters. The lowest BCUT2D eigenvalue weighted by atomic mass is 10.0. The molecule has 0 rings (SSSR count). The Morgan fingerprint density at radius 3 is 1.87 bits per heavy atom. The van der Waals surface area contributed by atoms with Crippen LogP contribution in [-0.2, 0) is 14.4 Å². The SMILES string of the molecule is CCCCCCCCCCC=CC(CC(=O)O)C(=O)O.O=CO. The molecule has 23 heavy (non-hydrogen) atoms. The van der Waals surface area contributed by atoms with E-state index in [1.54, 1.807) is 6.08 Å². The van der Waals surface area contributed by atoms with E-state index in [4.69, 9.17) is 20.1 Å². The highest BCUT2D eigenvalue weighted by atomic mass is 16.4. The molecule has 1 atom stereocenters. The van der Waals surface area contributed by atoms with Gasteiger partial charge in [-0.15, -0.1) is 0 Å². The van der Waals surface area contributed by atoms with Crippen molar-refractivity contribution in [2.24, 2.45) is 5.92 Å². The zero-order valence-corrected chi connectivity index (χ0v) is 13.9. The summed E-state index contributed by atoms with van der Waals surface area (Å²) >= 11 is 0. The molecule has 0 bridgehead atoms. The third kappa shape index (κ3) is 20.1. The summed E-state index contributed by atoms with van der Waals surface area (Å²) in [5.41, 5.74) is 0. The maximum atomic E-state index is 10.8. The van der Waals surface area contributed by atoms with Crippen LogP contribution in [0.3, 0.4) is 0 Å². The first-order valence-corrected chi connectivity index (χ1v) is 8.18. The molecule has 0 fully saturated rings. The number of carbonyl (C=O) groups is 3. The van der Waals surface area contributed by atoms with Gasteiger partial charge in [0.15, 0.2) is 0 Å². The minimum Gasteiger partial charge on any atom is -0.483 e. The molecule has 0 saturated carbocycles. The zero-order chi connectivity index (χ0) is 17.9. The Kier molecular flexibility index (Phi) is 18.5. The van der Waals surface area contributed by atoms with E-state index in [1.807, 2.05) is 0 Å². The van der Waals surface area contributed by atoms with E-state index in [0.717, 1.165) is 19.3 Å². The highest BCUT2D eigenvalue weighted by Gasteiger charge is 2.17. The Bertz CT molecular complexity index is 338. The largest absolute Gasteiger partial charge is 0.483 e. The maximum Gasteiger partial charge on any atom is 0.310 e. The first-order valence-electron chi connectivity index (χ1n) is 8.18. The van der Waals surface area contributed by atoms with Crippen LogP contribution in [0.5, 0.6) is 0 Å². The van der Waals surface area contributed by atoms with Crippen LogP contribution < -0.4 is 0 Å². The van der Waals surface area contributed by atoms with E-state index in [0.29, 0.717) is 0 Å². The molecule has 3 N–H and O–H groups in total. The van der Waals surface area contributed by atoms with Crippen LogP contribution in [0.25, 0.3) is 0 Å². The lowest BCUT2D eigenvalue weighted by Crippen LogP contribution is -2.15. The third-order valence-electron chi connectivity index (χ3n) is 3.30. The van der Waals surface area contributed by atoms with Crippen LogP contribution in [0.4, 0.5) is 0 Å². The number of aliphatic carboxylic acids is 2. The van der Waals surface area contributed by atoms with Gasteiger partial charge in [-0.2, -0.15) is 0 Å². The van der Waals surface area contributed by atoms with E-state index >= 15 is 0 Å². The van der Waals surface area contributed by atoms with Gasteiger partial charge in [0.05, 0.1) is 12.3 Å². The Morgan fingerprint density at radius 2 is 1.43 bits per heavy atom. The van der Waals surface area contributed by atoms with Crippen LogP contribution in [0.2, 0.25) is 0 Å². The molecule has 6 nitrogen and oxygen atoms in total. The molecule has 134 valence electrons. The first-order chi connectivity index (χ1) is 11.0. The van der Waals surface area contributed by atoms with Crippen LogP contribution in [-0.4, -0.2) is 33.7 Å². The molecule has 0 radical (unpaired) electrons. The lowest BCUT2D eigenvalue weighted by Gasteiger charge is -2.03. The number of hydrogen-bond donors (Lipinski definition) is 3. The minimum absolute atomic E-state index is 0.250. The van der Waals surface area contributed by atoms with Crippen LogP contribution in [0.15, 0.2) is 12.2 Å². The Morgan fingerprint density at radius 1 is 0.957 bits per heavy atom. The fraction of sp³-hybridized carbons (Fsp3) is 0.706. The van der Waals surface area contributed by atoms with Gasteiger partial charge >= 0.3 is 11.9 Å². The third-order valence-corrected chi connectivity index (χ3v) is 3.30. The summed E-state index contributed by atoms with van der Waals surface area (Å²) in [5.74, 6) is -3.05. The van der Waals surface area contributed by atoms with Gasteiger partial charge in [0.1, 0.15) is 0 Å². The van der Waals surface area contributed by atoms with Crippen LogP contribution in [0.1, 0.15) is 71.1 Å². The normalized spacial score (nSPS) is 11.5. The summed E-state index contributed by atoms with van der Waals surface area (Å²) in [6.07, 6.45) is 13.7. The Balaban J connectivity index is 0. The summed E-state index contributed by atoms with van der Waals surface area (Å²) in [6, 6.07) is 0. The molecule has 0 heterocycles. The molecule has 0 spiro atoms. The van der Waals surface area contributed by atoms with E-state index < -0.39 is 17.9 Å². The van der Waals surface area contributed by atoms with Crippen LogP contribution >= 0.6 is 0 Å². The monoisotopic (exact) mass is 330 g/mol. The van der Waals surface area contributed by atoms with Gasteiger partial charge in [-0.1, -0.05) is 64.0 Å². The highest BCUT2D eigenvalue weighted by molar-refractivity contribution is 5.79. The number of allylic oxidation sites excluding steroid dienone is 1. The van der Waals surface area contributed by atoms with E-state index in [9.17, 15) is 9.59 Å². The van der Waals surface area contributed by atoms with Crippen molar-refractivity contribution in [3.8, 4) is 0 Å². The first kappa shape index (κ1) is 23.4. The molecule has 0 amide bonds. The van der Waals surface area contributed by atoms with Gasteiger partial charge in [-0.05, 0) is 12.8 Å². The number of carboxylic acid groups (broad SMARTS) is 3. The van der Waals surface area contributed by atoms with Crippen molar-refractivity contribution in [2.75, 3.05) is 0 Å². The number of hydrogen-bond acceptors (Lipinski definition) is 3. The van der Waals surface area contributed by atoms with Crippen molar-refractivity contribution in [1.82, 2.24) is 0 Å². The summed E-state index contributed by atoms with van der Waals surface area (Å²) in [7, 11) is 0. The minimum atomic E-state index is -1.07. The number of carboxylic acids is 2. The fourth-order valence-corrected chi connectivity index (χ4v) is 2.08. The molecular weight excluding hydrogens is 300 g/mol. The second-order valence-electron chi connectivity index (χ2n) is 5.34. The number of rotatable bonds is 13. The van der Waals surface area contributed by atoms with Crippen molar-refractivity contribution in [3.05, 3.63) is 12.2 Å². The van der Waals surface area contributed by atoms with E-state index in [-0.39, 0.29) is 12.9 Å². The maximum absolute atomic E-state index is 10.8. The molecule has 0 aliphatic carbocycles. The average Bonchev–Trinajstić information content (AvgIpc) is 2.48. The lowest BCUT2D eigenvalue weighted by molar-refractivity contribution is -0.146. The van der Waals surface area contributed by atoms with E-state index in [2.05, 4.69) is 6.92 Å². The molecule has 0 aliphatic heterocycles.